The van der Waals surface area contributed by atoms with Gasteiger partial charge < -0.3 is 11.1 Å². The molecule has 0 bridgehead atoms. The molecule has 1 aromatic carbocycles. The number of nitrogens with zero attached hydrogens (tertiary/aromatic N) is 3. The van der Waals surface area contributed by atoms with E-state index in [2.05, 4.69) is 22.2 Å². The first-order valence-electron chi connectivity index (χ1n) is 9.16. The summed E-state index contributed by atoms with van der Waals surface area (Å²) in [6.45, 7) is 7.14. The lowest BCUT2D eigenvalue weighted by atomic mass is 9.88. The minimum atomic E-state index is -0.416. The Balaban J connectivity index is 1.75. The molecule has 138 valence electrons. The van der Waals surface area contributed by atoms with Crippen LogP contribution in [-0.2, 0) is 13.0 Å². The second-order valence-corrected chi connectivity index (χ2v) is 7.13. The number of anilines is 2. The van der Waals surface area contributed by atoms with Gasteiger partial charge in [0.2, 0.25) is 0 Å². The highest BCUT2D eigenvalue weighted by atomic mass is 19.1. The molecule has 0 radical (unpaired) electrons. The zero-order valence-corrected chi connectivity index (χ0v) is 15.2. The largest absolute Gasteiger partial charge is 0.385 e. The topological polar surface area (TPSA) is 76.2 Å². The maximum Gasteiger partial charge on any atom is 0.254 e. The Morgan fingerprint density at radius 3 is 3.04 bits per heavy atom. The van der Waals surface area contributed by atoms with E-state index in [4.69, 9.17) is 5.73 Å². The highest BCUT2D eigenvalue weighted by Gasteiger charge is 2.33. The maximum absolute atomic E-state index is 14.0. The highest BCUT2D eigenvalue weighted by molar-refractivity contribution is 5.89. The van der Waals surface area contributed by atoms with Gasteiger partial charge in [0, 0.05) is 30.9 Å². The normalized spacial score (nSPS) is 19.6. The van der Waals surface area contributed by atoms with E-state index in [1.807, 2.05) is 6.92 Å². The number of nitrogens with one attached hydrogen (secondary N) is 1. The number of nitrogen functional groups attached to an aromatic ring is 1. The van der Waals surface area contributed by atoms with Crippen molar-refractivity contribution in [2.45, 2.75) is 39.2 Å². The van der Waals surface area contributed by atoms with Crippen LogP contribution >= 0.6 is 0 Å². The number of hydrogen-bond acceptors (Lipinski definition) is 5. The summed E-state index contributed by atoms with van der Waals surface area (Å²) in [5.41, 5.74) is 10.3. The molecule has 26 heavy (non-hydrogen) atoms. The van der Waals surface area contributed by atoms with Crippen LogP contribution in [0.3, 0.4) is 0 Å². The minimum Gasteiger partial charge on any atom is -0.385 e. The van der Waals surface area contributed by atoms with Crippen molar-refractivity contribution in [2.24, 2.45) is 0 Å². The van der Waals surface area contributed by atoms with Crippen LogP contribution in [0.15, 0.2) is 12.1 Å². The van der Waals surface area contributed by atoms with Gasteiger partial charge in [-0.15, -0.1) is 5.10 Å². The van der Waals surface area contributed by atoms with Crippen LogP contribution < -0.4 is 11.1 Å². The van der Waals surface area contributed by atoms with E-state index in [0.29, 0.717) is 30.9 Å². The van der Waals surface area contributed by atoms with Crippen molar-refractivity contribution in [1.29, 1.82) is 0 Å². The molecule has 6 nitrogen and oxygen atoms in total. The smallest absolute Gasteiger partial charge is 0.254 e. The first-order chi connectivity index (χ1) is 12.5. The molecule has 2 aliphatic heterocycles. The van der Waals surface area contributed by atoms with Gasteiger partial charge in [0.15, 0.2) is 0 Å². The average Bonchev–Trinajstić information content (AvgIpc) is 2.96. The molecule has 0 saturated heterocycles. The molecule has 7 heteroatoms. The molecule has 3 heterocycles. The van der Waals surface area contributed by atoms with Crippen molar-refractivity contribution in [3.63, 3.8) is 0 Å². The second kappa shape index (κ2) is 6.39. The van der Waals surface area contributed by atoms with E-state index < -0.39 is 5.92 Å². The zero-order valence-electron chi connectivity index (χ0n) is 15.2. The predicted molar refractivity (Wildman–Crippen MR) is 98.9 cm³/mol. The van der Waals surface area contributed by atoms with Crippen LogP contribution in [0.2, 0.25) is 0 Å². The van der Waals surface area contributed by atoms with Gasteiger partial charge in [-0.1, -0.05) is 6.92 Å². The number of carbonyl (C=O) groups is 1. The molecule has 0 spiro atoms. The summed E-state index contributed by atoms with van der Waals surface area (Å²) in [5, 5.41) is 7.65. The van der Waals surface area contributed by atoms with Crippen molar-refractivity contribution < 1.29 is 9.18 Å². The van der Waals surface area contributed by atoms with Gasteiger partial charge in [-0.25, -0.2) is 9.07 Å². The zero-order chi connectivity index (χ0) is 18.4. The molecule has 4 rings (SSSR count). The standard InChI is InChI=1S/C19H24FN5O/c1-3-24-7-5-14-16(10-24)25(23-18(14)21)19(26)13-4-6-22-17-11(2)8-12(20)9-15(13)17/h8-9,13,22H,3-7,10H2,1-2H3,(H2,21,23). The van der Waals surface area contributed by atoms with Gasteiger partial charge >= 0.3 is 0 Å². The molecular formula is C19H24FN5O. The van der Waals surface area contributed by atoms with Gasteiger partial charge in [0.1, 0.15) is 11.6 Å². The number of rotatable bonds is 2. The number of carbonyl (C=O) groups excluding carboxylic acids is 1. The predicted octanol–water partition coefficient (Wildman–Crippen LogP) is 2.53. The fourth-order valence-corrected chi connectivity index (χ4v) is 4.14. The molecule has 0 fully saturated rings. The summed E-state index contributed by atoms with van der Waals surface area (Å²) in [5.74, 6) is -0.416. The number of fused-ring (bicyclic) bond motifs is 2. The SMILES string of the molecule is CCN1CCc2c(N)nn(C(=O)C3CCNc4c(C)cc(F)cc43)c2C1. The van der Waals surface area contributed by atoms with Crippen LogP contribution in [0, 0.1) is 12.7 Å². The Morgan fingerprint density at radius 1 is 1.46 bits per heavy atom. The van der Waals surface area contributed by atoms with Crippen molar-refractivity contribution in [1.82, 2.24) is 14.7 Å². The Morgan fingerprint density at radius 2 is 2.27 bits per heavy atom. The van der Waals surface area contributed by atoms with Crippen LogP contribution in [-0.4, -0.2) is 40.2 Å². The molecule has 2 aromatic rings. The van der Waals surface area contributed by atoms with E-state index in [9.17, 15) is 9.18 Å². The lowest BCUT2D eigenvalue weighted by Crippen LogP contribution is -2.34. The lowest BCUT2D eigenvalue weighted by molar-refractivity contribution is 0.0847. The fourth-order valence-electron chi connectivity index (χ4n) is 4.14. The quantitative estimate of drug-likeness (QED) is 0.864. The number of benzene rings is 1. The fraction of sp³-hybridized carbons (Fsp3) is 0.474. The van der Waals surface area contributed by atoms with Crippen molar-refractivity contribution in [3.05, 3.63) is 40.3 Å². The Kier molecular flexibility index (Phi) is 4.19. The van der Waals surface area contributed by atoms with Gasteiger partial charge in [0.25, 0.3) is 5.91 Å². The molecule has 0 saturated carbocycles. The first-order valence-corrected chi connectivity index (χ1v) is 9.16. The van der Waals surface area contributed by atoms with Crippen LogP contribution in [0.1, 0.15) is 46.4 Å². The van der Waals surface area contributed by atoms with E-state index in [-0.39, 0.29) is 11.7 Å². The summed E-state index contributed by atoms with van der Waals surface area (Å²) in [7, 11) is 0. The molecule has 1 unspecified atom stereocenters. The van der Waals surface area contributed by atoms with E-state index in [0.717, 1.165) is 42.0 Å². The third-order valence-corrected chi connectivity index (χ3v) is 5.57. The molecule has 1 atom stereocenters. The monoisotopic (exact) mass is 357 g/mol. The summed E-state index contributed by atoms with van der Waals surface area (Å²) in [4.78, 5) is 15.6. The summed E-state index contributed by atoms with van der Waals surface area (Å²) < 4.78 is 15.5. The summed E-state index contributed by atoms with van der Waals surface area (Å²) in [6.07, 6.45) is 1.42. The van der Waals surface area contributed by atoms with Crippen LogP contribution in [0.5, 0.6) is 0 Å². The summed E-state index contributed by atoms with van der Waals surface area (Å²) in [6, 6.07) is 2.96. The number of aromatic nitrogens is 2. The van der Waals surface area contributed by atoms with E-state index >= 15 is 0 Å². The third-order valence-electron chi connectivity index (χ3n) is 5.57. The van der Waals surface area contributed by atoms with Gasteiger partial charge in [-0.05, 0) is 49.6 Å². The van der Waals surface area contributed by atoms with E-state index in [1.54, 1.807) is 0 Å². The van der Waals surface area contributed by atoms with Crippen molar-refractivity contribution in [2.75, 3.05) is 30.7 Å². The Hall–Kier alpha value is -2.41. The highest BCUT2D eigenvalue weighted by Crippen LogP contribution is 2.36. The lowest BCUT2D eigenvalue weighted by Gasteiger charge is -2.29. The average molecular weight is 357 g/mol. The second-order valence-electron chi connectivity index (χ2n) is 7.13. The molecule has 3 N–H and O–H groups in total. The van der Waals surface area contributed by atoms with Gasteiger partial charge in [-0.2, -0.15) is 0 Å². The summed E-state index contributed by atoms with van der Waals surface area (Å²) >= 11 is 0. The molecule has 1 aromatic heterocycles. The first kappa shape index (κ1) is 17.0. The third kappa shape index (κ3) is 2.67. The molecule has 0 aliphatic carbocycles. The molecule has 2 aliphatic rings. The molecular weight excluding hydrogens is 333 g/mol. The number of nitrogens with two attached hydrogens (primary N) is 1. The minimum absolute atomic E-state index is 0.122. The van der Waals surface area contributed by atoms with Crippen LogP contribution in [0.25, 0.3) is 0 Å². The van der Waals surface area contributed by atoms with E-state index in [1.165, 1.54) is 16.8 Å². The number of hydrogen-bond donors (Lipinski definition) is 2. The van der Waals surface area contributed by atoms with Gasteiger partial charge in [-0.3, -0.25) is 9.69 Å². The molecule has 0 amide bonds. The number of halogens is 1. The van der Waals surface area contributed by atoms with Crippen molar-refractivity contribution in [3.8, 4) is 0 Å². The van der Waals surface area contributed by atoms with Gasteiger partial charge in [0.05, 0.1) is 11.6 Å². The number of likely N-dealkylation sites (N-methyl/N-ethyl adjacent to an activating group) is 1. The maximum atomic E-state index is 14.0. The van der Waals surface area contributed by atoms with Crippen molar-refractivity contribution >= 4 is 17.4 Å². The Bertz CT molecular complexity index is 875. The van der Waals surface area contributed by atoms with Crippen LogP contribution in [0.4, 0.5) is 15.9 Å². The number of aryl methyl sites for hydroxylation is 1. The Labute approximate surface area is 152 Å².